The second kappa shape index (κ2) is 9.92. The fourth-order valence-electron chi connectivity index (χ4n) is 4.96. The first-order valence-electron chi connectivity index (χ1n) is 12.5. The Balaban J connectivity index is 1.21. The number of halogens is 1. The van der Waals surface area contributed by atoms with Crippen LogP contribution in [0.15, 0.2) is 54.6 Å². The molecule has 0 unspecified atom stereocenters. The molecule has 0 radical (unpaired) electrons. The summed E-state index contributed by atoms with van der Waals surface area (Å²) in [4.78, 5) is 12.3. The van der Waals surface area contributed by atoms with E-state index in [1.807, 2.05) is 55.5 Å². The molecular formula is C28H28ClN3O6. The van der Waals surface area contributed by atoms with Crippen LogP contribution in [0.5, 0.6) is 6.01 Å². The van der Waals surface area contributed by atoms with E-state index in [1.54, 1.807) is 6.07 Å². The molecule has 2 aliphatic rings. The molecule has 4 atom stereocenters. The number of imidazole rings is 1. The molecule has 4 heterocycles. The van der Waals surface area contributed by atoms with Crippen molar-refractivity contribution in [1.29, 1.82) is 0 Å². The molecule has 2 aromatic carbocycles. The summed E-state index contributed by atoms with van der Waals surface area (Å²) in [5.74, 6) is 0. The highest BCUT2D eigenvalue weighted by Gasteiger charge is 2.48. The van der Waals surface area contributed by atoms with E-state index < -0.39 is 11.5 Å². The van der Waals surface area contributed by atoms with Crippen molar-refractivity contribution in [3.63, 3.8) is 0 Å². The molecule has 38 heavy (non-hydrogen) atoms. The smallest absolute Gasteiger partial charge is 0.296 e. The molecular weight excluding hydrogens is 510 g/mol. The summed E-state index contributed by atoms with van der Waals surface area (Å²) in [6, 6.07) is 17.8. The van der Waals surface area contributed by atoms with Crippen LogP contribution in [-0.2, 0) is 14.9 Å². The Morgan fingerprint density at radius 1 is 0.947 bits per heavy atom. The summed E-state index contributed by atoms with van der Waals surface area (Å²) in [6.45, 7) is 2.10. The van der Waals surface area contributed by atoms with Gasteiger partial charge in [0.05, 0.1) is 42.7 Å². The van der Waals surface area contributed by atoms with Crippen molar-refractivity contribution in [2.45, 2.75) is 36.8 Å². The lowest BCUT2D eigenvalue weighted by Gasteiger charge is -2.25. The van der Waals surface area contributed by atoms with Gasteiger partial charge in [-0.1, -0.05) is 67.1 Å². The number of nitrogens with zero attached hydrogens (tertiary/aromatic N) is 2. The van der Waals surface area contributed by atoms with Crippen LogP contribution in [-0.4, -0.2) is 81.1 Å². The van der Waals surface area contributed by atoms with Crippen LogP contribution in [0.2, 0.25) is 5.02 Å². The van der Waals surface area contributed by atoms with Crippen LogP contribution in [0, 0.1) is 0 Å². The maximum absolute atomic E-state index is 9.94. The summed E-state index contributed by atoms with van der Waals surface area (Å²) in [7, 11) is 0. The van der Waals surface area contributed by atoms with Crippen molar-refractivity contribution in [1.82, 2.24) is 15.0 Å². The largest absolute Gasteiger partial charge is 0.456 e. The van der Waals surface area contributed by atoms with Crippen molar-refractivity contribution < 1.29 is 29.5 Å². The van der Waals surface area contributed by atoms with Gasteiger partial charge in [-0.25, -0.2) is 4.98 Å². The van der Waals surface area contributed by atoms with E-state index in [0.717, 1.165) is 22.3 Å². The zero-order chi connectivity index (χ0) is 26.4. The Labute approximate surface area is 224 Å². The molecule has 4 N–H and O–H groups in total. The van der Waals surface area contributed by atoms with Crippen molar-refractivity contribution in [3.05, 3.63) is 65.2 Å². The fraction of sp³-hybridized carbons (Fsp3) is 0.357. The van der Waals surface area contributed by atoms with E-state index in [2.05, 4.69) is 15.0 Å². The molecule has 10 heteroatoms. The third-order valence-electron chi connectivity index (χ3n) is 7.42. The highest BCUT2D eigenvalue weighted by molar-refractivity contribution is 6.33. The Morgan fingerprint density at radius 2 is 1.58 bits per heavy atom. The van der Waals surface area contributed by atoms with E-state index in [4.69, 9.17) is 25.8 Å². The van der Waals surface area contributed by atoms with Gasteiger partial charge in [-0.2, -0.15) is 4.98 Å². The van der Waals surface area contributed by atoms with E-state index in [9.17, 15) is 15.3 Å². The van der Waals surface area contributed by atoms with Gasteiger partial charge in [-0.15, -0.1) is 0 Å². The number of ether oxygens (including phenoxy) is 3. The second-order valence-corrected chi connectivity index (χ2v) is 10.5. The van der Waals surface area contributed by atoms with Gasteiger partial charge < -0.3 is 34.5 Å². The molecule has 198 valence electrons. The number of pyridine rings is 1. The zero-order valence-electron chi connectivity index (χ0n) is 20.7. The van der Waals surface area contributed by atoms with E-state index in [0.29, 0.717) is 28.5 Å². The average Bonchev–Trinajstić information content (AvgIpc) is 3.64. The van der Waals surface area contributed by atoms with Gasteiger partial charge in [-0.05, 0) is 22.8 Å². The van der Waals surface area contributed by atoms with Crippen LogP contribution >= 0.6 is 11.6 Å². The Kier molecular flexibility index (Phi) is 6.59. The lowest BCUT2D eigenvalue weighted by Crippen LogP contribution is -2.34. The Morgan fingerprint density at radius 3 is 2.26 bits per heavy atom. The number of hydrogen-bond acceptors (Lipinski definition) is 8. The number of aromatic amines is 1. The fourth-order valence-corrected chi connectivity index (χ4v) is 5.22. The monoisotopic (exact) mass is 537 g/mol. The first-order valence-corrected chi connectivity index (χ1v) is 12.8. The predicted octanol–water partition coefficient (Wildman–Crippen LogP) is 3.09. The molecule has 0 bridgehead atoms. The zero-order valence-corrected chi connectivity index (χ0v) is 21.4. The number of aliphatic hydroxyl groups excluding tert-OH is 3. The van der Waals surface area contributed by atoms with Crippen LogP contribution < -0.4 is 4.74 Å². The summed E-state index contributed by atoms with van der Waals surface area (Å²) in [6.07, 6.45) is -1.75. The molecule has 0 aliphatic carbocycles. The standard InChI is InChI=1S/C28H28ClN3O6/c1-28(13-33,14-34)18-8-6-16(7-9-18)15-2-4-17(5-3-15)23-19(29)10-20-26(31-23)32-27(30-20)38-22-12-37-24-21(35)11-36-25(22)24/h2-10,21-22,24-25,33-35H,11-14H2,1H3,(H,30,31,32)/t21-,22-,24-,25-/m1/s1. The molecule has 4 aromatic rings. The molecule has 2 saturated heterocycles. The normalized spacial score (nSPS) is 23.2. The maximum Gasteiger partial charge on any atom is 0.296 e. The number of aliphatic hydroxyl groups is 3. The van der Waals surface area contributed by atoms with Crippen LogP contribution in [0.25, 0.3) is 33.5 Å². The lowest BCUT2D eigenvalue weighted by molar-refractivity contribution is 0.00706. The lowest BCUT2D eigenvalue weighted by atomic mass is 9.83. The summed E-state index contributed by atoms with van der Waals surface area (Å²) in [5.41, 5.74) is 4.79. The van der Waals surface area contributed by atoms with Crippen LogP contribution in [0.1, 0.15) is 12.5 Å². The number of rotatable bonds is 7. The Hall–Kier alpha value is -3.05. The van der Waals surface area contributed by atoms with Crippen molar-refractivity contribution in [2.75, 3.05) is 26.4 Å². The molecule has 9 nitrogen and oxygen atoms in total. The molecule has 2 aliphatic heterocycles. The number of hydrogen-bond donors (Lipinski definition) is 4. The van der Waals surface area contributed by atoms with Gasteiger partial charge in [0.2, 0.25) is 0 Å². The van der Waals surface area contributed by atoms with Gasteiger partial charge in [0.25, 0.3) is 6.01 Å². The first-order chi connectivity index (χ1) is 18.4. The highest BCUT2D eigenvalue weighted by Crippen LogP contribution is 2.33. The minimum atomic E-state index is -0.680. The van der Waals surface area contributed by atoms with Crippen LogP contribution in [0.3, 0.4) is 0 Å². The highest BCUT2D eigenvalue weighted by atomic mass is 35.5. The molecule has 6 rings (SSSR count). The van der Waals surface area contributed by atoms with Crippen molar-refractivity contribution in [2.24, 2.45) is 0 Å². The molecule has 0 amide bonds. The molecule has 2 aromatic heterocycles. The van der Waals surface area contributed by atoms with Gasteiger partial charge in [-0.3, -0.25) is 0 Å². The van der Waals surface area contributed by atoms with Gasteiger partial charge in [0.1, 0.15) is 18.3 Å². The second-order valence-electron chi connectivity index (χ2n) is 10.1. The molecule has 0 saturated carbocycles. The van der Waals surface area contributed by atoms with Gasteiger partial charge in [0.15, 0.2) is 11.8 Å². The summed E-state index contributed by atoms with van der Waals surface area (Å²) in [5, 5.41) is 29.7. The first kappa shape index (κ1) is 25.2. The topological polar surface area (TPSA) is 130 Å². The number of nitrogens with one attached hydrogen (secondary N) is 1. The number of H-pyrrole nitrogens is 1. The van der Waals surface area contributed by atoms with E-state index in [1.165, 1.54) is 0 Å². The summed E-state index contributed by atoms with van der Waals surface area (Å²) >= 11 is 6.59. The predicted molar refractivity (Wildman–Crippen MR) is 141 cm³/mol. The third-order valence-corrected chi connectivity index (χ3v) is 7.71. The number of benzene rings is 2. The Bertz CT molecular complexity index is 1440. The maximum atomic E-state index is 9.94. The van der Waals surface area contributed by atoms with Crippen molar-refractivity contribution in [3.8, 4) is 28.4 Å². The summed E-state index contributed by atoms with van der Waals surface area (Å²) < 4.78 is 17.2. The quantitative estimate of drug-likeness (QED) is 0.283. The molecule has 0 spiro atoms. The van der Waals surface area contributed by atoms with E-state index in [-0.39, 0.29) is 44.1 Å². The third kappa shape index (κ3) is 4.45. The average molecular weight is 538 g/mol. The number of aromatic nitrogens is 3. The van der Waals surface area contributed by atoms with Crippen molar-refractivity contribution >= 4 is 22.8 Å². The number of fused-ring (bicyclic) bond motifs is 2. The van der Waals surface area contributed by atoms with E-state index >= 15 is 0 Å². The van der Waals surface area contributed by atoms with Crippen LogP contribution in [0.4, 0.5) is 0 Å². The van der Waals surface area contributed by atoms with Gasteiger partial charge in [0, 0.05) is 11.0 Å². The minimum absolute atomic E-state index is 0.131. The minimum Gasteiger partial charge on any atom is -0.456 e. The molecule has 2 fully saturated rings. The van der Waals surface area contributed by atoms with Gasteiger partial charge >= 0.3 is 0 Å². The SMILES string of the molecule is CC(CO)(CO)c1ccc(-c2ccc(-c3nc4nc(O[C@@H]5CO[C@H]6[C@@H]5OC[C@H]6O)[nH]c4cc3Cl)cc2)cc1.